The molecule has 43 heavy (non-hydrogen) atoms. The summed E-state index contributed by atoms with van der Waals surface area (Å²) < 4.78 is 44.2. The van der Waals surface area contributed by atoms with Gasteiger partial charge in [-0.25, -0.2) is 18.4 Å². The molecule has 3 unspecified atom stereocenters. The summed E-state index contributed by atoms with van der Waals surface area (Å²) in [5.74, 6) is -2.56. The zero-order chi connectivity index (χ0) is 31.5. The third-order valence-corrected chi connectivity index (χ3v) is 7.59. The lowest BCUT2D eigenvalue weighted by Crippen LogP contribution is -2.57. The Bertz CT molecular complexity index is 1310. The van der Waals surface area contributed by atoms with Crippen LogP contribution in [0.1, 0.15) is 53.5 Å². The van der Waals surface area contributed by atoms with Crippen LogP contribution in [0.4, 0.5) is 18.4 Å². The number of fused-ring (bicyclic) bond motifs is 1. The van der Waals surface area contributed by atoms with E-state index in [1.807, 2.05) is 51.1 Å². The summed E-state index contributed by atoms with van der Waals surface area (Å²) in [7, 11) is 0. The molecule has 0 radical (unpaired) electrons. The van der Waals surface area contributed by atoms with Crippen LogP contribution >= 0.6 is 0 Å². The van der Waals surface area contributed by atoms with E-state index in [0.29, 0.717) is 13.0 Å². The van der Waals surface area contributed by atoms with E-state index in [9.17, 15) is 23.2 Å². The van der Waals surface area contributed by atoms with Gasteiger partial charge in [0.1, 0.15) is 24.0 Å². The minimum atomic E-state index is -1.04. The van der Waals surface area contributed by atoms with E-state index in [-0.39, 0.29) is 43.4 Å². The Morgan fingerprint density at radius 2 is 1.67 bits per heavy atom. The molecule has 3 amide bonds. The van der Waals surface area contributed by atoms with Crippen LogP contribution in [0.2, 0.25) is 0 Å². The monoisotopic (exact) mass is 601 g/mol. The van der Waals surface area contributed by atoms with Gasteiger partial charge in [0.15, 0.2) is 11.6 Å². The van der Waals surface area contributed by atoms with Gasteiger partial charge in [-0.1, -0.05) is 51.1 Å². The van der Waals surface area contributed by atoms with E-state index in [2.05, 4.69) is 5.32 Å². The first kappa shape index (κ1) is 32.0. The molecule has 2 saturated heterocycles. The molecule has 0 aromatic heterocycles. The Balaban J connectivity index is 1.56. The summed E-state index contributed by atoms with van der Waals surface area (Å²) in [5, 5.41) is 2.76. The molecular formula is C32H41F2N3O6. The van der Waals surface area contributed by atoms with Crippen LogP contribution in [0.15, 0.2) is 48.5 Å². The van der Waals surface area contributed by atoms with Gasteiger partial charge in [0.25, 0.3) is 0 Å². The minimum Gasteiger partial charge on any atom is -0.493 e. The van der Waals surface area contributed by atoms with Crippen molar-refractivity contribution in [2.75, 3.05) is 19.7 Å². The molecular weight excluding hydrogens is 560 g/mol. The average Bonchev–Trinajstić information content (AvgIpc) is 3.51. The van der Waals surface area contributed by atoms with Crippen LogP contribution in [0.25, 0.3) is 0 Å². The zero-order valence-electron chi connectivity index (χ0n) is 25.6. The number of likely N-dealkylation sites (tertiary alicyclic amines) is 2. The second-order valence-corrected chi connectivity index (χ2v) is 13.2. The normalized spacial score (nSPS) is 20.8. The fourth-order valence-electron chi connectivity index (χ4n) is 5.63. The van der Waals surface area contributed by atoms with Gasteiger partial charge in [-0.2, -0.15) is 0 Å². The molecule has 0 saturated carbocycles. The third kappa shape index (κ3) is 7.94. The topological polar surface area (TPSA) is 97.4 Å². The molecule has 9 nitrogen and oxygen atoms in total. The number of halogens is 2. The molecule has 2 heterocycles. The summed E-state index contributed by atoms with van der Waals surface area (Å²) in [6.07, 6.45) is -0.711. The summed E-state index contributed by atoms with van der Waals surface area (Å²) in [5.41, 5.74) is -0.562. The van der Waals surface area contributed by atoms with Crippen LogP contribution in [-0.4, -0.2) is 71.3 Å². The zero-order valence-corrected chi connectivity index (χ0v) is 25.6. The maximum absolute atomic E-state index is 14.1. The molecule has 2 fully saturated rings. The van der Waals surface area contributed by atoms with Crippen molar-refractivity contribution in [2.45, 2.75) is 78.3 Å². The molecule has 4 atom stereocenters. The van der Waals surface area contributed by atoms with Crippen LogP contribution in [0, 0.1) is 23.0 Å². The molecule has 2 aromatic carbocycles. The van der Waals surface area contributed by atoms with Crippen molar-refractivity contribution >= 4 is 18.1 Å². The van der Waals surface area contributed by atoms with Crippen LogP contribution in [0.5, 0.6) is 5.75 Å². The van der Waals surface area contributed by atoms with Crippen LogP contribution < -0.4 is 10.1 Å². The molecule has 2 aromatic rings. The quantitative estimate of drug-likeness (QED) is 0.449. The Morgan fingerprint density at radius 1 is 0.977 bits per heavy atom. The lowest BCUT2D eigenvalue weighted by molar-refractivity contribution is -0.137. The van der Waals surface area contributed by atoms with Gasteiger partial charge in [0.05, 0.1) is 18.7 Å². The van der Waals surface area contributed by atoms with E-state index in [4.69, 9.17) is 14.2 Å². The van der Waals surface area contributed by atoms with Gasteiger partial charge in [-0.15, -0.1) is 0 Å². The lowest BCUT2D eigenvalue weighted by Gasteiger charge is -2.37. The van der Waals surface area contributed by atoms with Gasteiger partial charge < -0.3 is 29.3 Å². The number of benzene rings is 2. The summed E-state index contributed by atoms with van der Waals surface area (Å²) in [6.45, 7) is 11.5. The number of rotatable bonds is 7. The SMILES string of the molecule is CC(C)(C)OC(=O)NC(C(=O)N1CCC2C1[C@@H](COc1ccc(F)c(F)c1)CN2C(=O)OCc1ccccc1)C(C)(C)C. The second-order valence-electron chi connectivity index (χ2n) is 13.2. The smallest absolute Gasteiger partial charge is 0.410 e. The van der Waals surface area contributed by atoms with Crippen molar-refractivity contribution < 1.29 is 37.4 Å². The van der Waals surface area contributed by atoms with Gasteiger partial charge in [-0.05, 0) is 50.3 Å². The number of carbonyl (C=O) groups excluding carboxylic acids is 3. The largest absolute Gasteiger partial charge is 0.493 e. The summed E-state index contributed by atoms with van der Waals surface area (Å²) in [4.78, 5) is 43.5. The number of nitrogens with one attached hydrogen (secondary N) is 1. The predicted molar refractivity (Wildman–Crippen MR) is 155 cm³/mol. The molecule has 11 heteroatoms. The molecule has 0 aliphatic carbocycles. The first-order chi connectivity index (χ1) is 20.1. The van der Waals surface area contributed by atoms with E-state index in [1.54, 1.807) is 30.6 Å². The predicted octanol–water partition coefficient (Wildman–Crippen LogP) is 5.52. The highest BCUT2D eigenvalue weighted by Gasteiger charge is 2.54. The average molecular weight is 602 g/mol. The standard InChI is InChI=1S/C32H41F2N3O6/c1-31(2,3)27(35-29(39)43-32(4,5)6)28(38)36-15-14-25-26(36)21(19-41-22-12-13-23(33)24(34)16-22)17-37(25)30(40)42-18-20-10-8-7-9-11-20/h7-13,16,21,25-27H,14-15,17-19H2,1-6H3,(H,35,39)/t21-,25?,26?,27?/m1/s1. The minimum absolute atomic E-state index is 0.0398. The number of nitrogens with zero attached hydrogens (tertiary/aromatic N) is 2. The third-order valence-electron chi connectivity index (χ3n) is 7.59. The van der Waals surface area contributed by atoms with Gasteiger partial charge in [-0.3, -0.25) is 4.79 Å². The highest BCUT2D eigenvalue weighted by molar-refractivity contribution is 5.87. The van der Waals surface area contributed by atoms with Gasteiger partial charge in [0, 0.05) is 25.1 Å². The molecule has 2 aliphatic rings. The summed E-state index contributed by atoms with van der Waals surface area (Å²) in [6, 6.07) is 10.9. The van der Waals surface area contributed by atoms with Crippen molar-refractivity contribution in [3.63, 3.8) is 0 Å². The fraction of sp³-hybridized carbons (Fsp3) is 0.531. The van der Waals surface area contributed by atoms with Crippen molar-refractivity contribution in [1.29, 1.82) is 0 Å². The number of hydrogen-bond donors (Lipinski definition) is 1. The summed E-state index contributed by atoms with van der Waals surface area (Å²) >= 11 is 0. The number of alkyl carbamates (subject to hydrolysis) is 1. The lowest BCUT2D eigenvalue weighted by atomic mass is 9.85. The number of amides is 3. The van der Waals surface area contributed by atoms with Crippen LogP contribution in [0.3, 0.4) is 0 Å². The van der Waals surface area contributed by atoms with Gasteiger partial charge >= 0.3 is 12.2 Å². The van der Waals surface area contributed by atoms with Crippen LogP contribution in [-0.2, 0) is 20.9 Å². The van der Waals surface area contributed by atoms with Crippen molar-refractivity contribution in [1.82, 2.24) is 15.1 Å². The first-order valence-corrected chi connectivity index (χ1v) is 14.5. The molecule has 0 bridgehead atoms. The number of carbonyl (C=O) groups is 3. The maximum atomic E-state index is 14.1. The van der Waals surface area contributed by atoms with Gasteiger partial charge in [0.2, 0.25) is 5.91 Å². The highest BCUT2D eigenvalue weighted by atomic mass is 19.2. The fourth-order valence-corrected chi connectivity index (χ4v) is 5.63. The Hall–Kier alpha value is -3.89. The Morgan fingerprint density at radius 3 is 2.30 bits per heavy atom. The number of hydrogen-bond acceptors (Lipinski definition) is 6. The van der Waals surface area contributed by atoms with E-state index < -0.39 is 46.9 Å². The van der Waals surface area contributed by atoms with E-state index in [1.165, 1.54) is 6.07 Å². The molecule has 4 rings (SSSR count). The maximum Gasteiger partial charge on any atom is 0.410 e. The molecule has 2 aliphatic heterocycles. The van der Waals surface area contributed by atoms with E-state index >= 15 is 0 Å². The van der Waals surface area contributed by atoms with Crippen molar-refractivity contribution in [3.05, 3.63) is 65.7 Å². The Labute approximate surface area is 251 Å². The second kappa shape index (κ2) is 12.8. The number of ether oxygens (including phenoxy) is 3. The molecule has 234 valence electrons. The molecule has 0 spiro atoms. The van der Waals surface area contributed by atoms with E-state index in [0.717, 1.165) is 17.7 Å². The first-order valence-electron chi connectivity index (χ1n) is 14.5. The van der Waals surface area contributed by atoms with Crippen molar-refractivity contribution in [2.24, 2.45) is 11.3 Å². The van der Waals surface area contributed by atoms with Crippen molar-refractivity contribution in [3.8, 4) is 5.75 Å². The highest BCUT2D eigenvalue weighted by Crippen LogP contribution is 2.38. The molecule has 1 N–H and O–H groups in total. The Kier molecular flexibility index (Phi) is 9.51.